The highest BCUT2D eigenvalue weighted by Crippen LogP contribution is 2.25. The molecule has 2 fully saturated rings. The van der Waals surface area contributed by atoms with Crippen molar-refractivity contribution in [3.05, 3.63) is 23.9 Å². The second kappa shape index (κ2) is 9.15. The molecular weight excluding hydrogens is 318 g/mol. The normalized spacial score (nSPS) is 22.0. The van der Waals surface area contributed by atoms with Crippen LogP contribution in [0.25, 0.3) is 0 Å². The lowest BCUT2D eigenvalue weighted by Gasteiger charge is -2.36. The second-order valence-electron chi connectivity index (χ2n) is 6.98. The quantitative estimate of drug-likeness (QED) is 0.822. The molecule has 3 rings (SSSR count). The number of aromatic nitrogens is 1. The van der Waals surface area contributed by atoms with Crippen LogP contribution in [0.3, 0.4) is 0 Å². The van der Waals surface area contributed by atoms with Gasteiger partial charge in [0.25, 0.3) is 0 Å². The molecule has 2 aliphatic rings. The molecule has 0 radical (unpaired) electrons. The number of carbonyl (C=O) groups excluding carboxylic acids is 1. The van der Waals surface area contributed by atoms with Crippen LogP contribution in [-0.2, 0) is 16.1 Å². The maximum Gasteiger partial charge on any atom is 0.223 e. The summed E-state index contributed by atoms with van der Waals surface area (Å²) in [5.41, 5.74) is 1.01. The first-order chi connectivity index (χ1) is 12.3. The first kappa shape index (κ1) is 18.1. The minimum absolute atomic E-state index is 0.0774. The zero-order chi connectivity index (χ0) is 17.5. The number of hydrogen-bond acceptors (Lipinski definition) is 5. The topological polar surface area (TPSA) is 74.7 Å². The summed E-state index contributed by atoms with van der Waals surface area (Å²) in [7, 11) is 0. The van der Waals surface area contributed by atoms with E-state index in [-0.39, 0.29) is 18.4 Å². The van der Waals surface area contributed by atoms with E-state index in [4.69, 9.17) is 4.74 Å². The minimum Gasteiger partial charge on any atom is -0.396 e. The van der Waals surface area contributed by atoms with E-state index in [1.807, 2.05) is 18.3 Å². The summed E-state index contributed by atoms with van der Waals surface area (Å²) in [6.07, 6.45) is 7.78. The molecule has 2 aliphatic heterocycles. The Hall–Kier alpha value is -1.66. The van der Waals surface area contributed by atoms with Gasteiger partial charge in [0, 0.05) is 51.1 Å². The van der Waals surface area contributed by atoms with Gasteiger partial charge < -0.3 is 20.1 Å². The molecule has 138 valence electrons. The summed E-state index contributed by atoms with van der Waals surface area (Å²) in [6, 6.07) is 4.45. The molecule has 0 bridgehead atoms. The summed E-state index contributed by atoms with van der Waals surface area (Å²) in [4.78, 5) is 19.1. The van der Waals surface area contributed by atoms with Crippen molar-refractivity contribution in [2.45, 2.75) is 51.1 Å². The highest BCUT2D eigenvalue weighted by atomic mass is 16.5. The molecule has 3 heterocycles. The van der Waals surface area contributed by atoms with Crippen molar-refractivity contribution in [2.75, 3.05) is 31.3 Å². The van der Waals surface area contributed by atoms with Gasteiger partial charge >= 0.3 is 0 Å². The van der Waals surface area contributed by atoms with Crippen LogP contribution in [0.2, 0.25) is 0 Å². The van der Waals surface area contributed by atoms with Crippen LogP contribution in [0.4, 0.5) is 5.82 Å². The fraction of sp³-hybridized carbons (Fsp3) is 0.684. The van der Waals surface area contributed by atoms with Gasteiger partial charge in [-0.05, 0) is 50.2 Å². The predicted molar refractivity (Wildman–Crippen MR) is 96.3 cm³/mol. The van der Waals surface area contributed by atoms with Gasteiger partial charge in [-0.3, -0.25) is 4.79 Å². The molecule has 1 aromatic heterocycles. The van der Waals surface area contributed by atoms with E-state index < -0.39 is 0 Å². The Kier molecular flexibility index (Phi) is 6.64. The van der Waals surface area contributed by atoms with Gasteiger partial charge in [-0.25, -0.2) is 4.98 Å². The fourth-order valence-corrected chi connectivity index (χ4v) is 3.74. The lowest BCUT2D eigenvalue weighted by molar-refractivity contribution is -0.128. The molecular formula is C19H29N3O3. The molecule has 0 spiro atoms. The van der Waals surface area contributed by atoms with Gasteiger partial charge in [0.15, 0.2) is 0 Å². The monoisotopic (exact) mass is 347 g/mol. The Morgan fingerprint density at radius 1 is 1.28 bits per heavy atom. The number of pyridine rings is 1. The molecule has 1 atom stereocenters. The SMILES string of the molecule is O=C(NCc1ccc(N2CCCC[C@H]2CCO)nc1)C1CCOCC1. The molecule has 6 nitrogen and oxygen atoms in total. The Morgan fingerprint density at radius 2 is 2.12 bits per heavy atom. The summed E-state index contributed by atoms with van der Waals surface area (Å²) in [5, 5.41) is 12.3. The lowest BCUT2D eigenvalue weighted by atomic mass is 9.99. The average molecular weight is 347 g/mol. The molecule has 1 aromatic rings. The first-order valence-corrected chi connectivity index (χ1v) is 9.46. The van der Waals surface area contributed by atoms with Gasteiger partial charge in [0.2, 0.25) is 5.91 Å². The molecule has 0 unspecified atom stereocenters. The number of nitrogens with zero attached hydrogens (tertiary/aromatic N) is 2. The smallest absolute Gasteiger partial charge is 0.223 e. The van der Waals surface area contributed by atoms with Gasteiger partial charge in [-0.15, -0.1) is 0 Å². The summed E-state index contributed by atoms with van der Waals surface area (Å²) in [5.74, 6) is 1.16. The summed E-state index contributed by atoms with van der Waals surface area (Å²) >= 11 is 0. The predicted octanol–water partition coefficient (Wildman–Crippen LogP) is 1.87. The zero-order valence-electron chi connectivity index (χ0n) is 14.8. The minimum atomic E-state index is 0.0774. The molecule has 0 saturated carbocycles. The highest BCUT2D eigenvalue weighted by Gasteiger charge is 2.23. The number of aliphatic hydroxyl groups excluding tert-OH is 1. The number of rotatable bonds is 6. The average Bonchev–Trinajstić information content (AvgIpc) is 2.68. The van der Waals surface area contributed by atoms with Crippen molar-refractivity contribution in [1.29, 1.82) is 0 Å². The Morgan fingerprint density at radius 3 is 2.84 bits per heavy atom. The molecule has 0 aliphatic carbocycles. The third-order valence-corrected chi connectivity index (χ3v) is 5.25. The summed E-state index contributed by atoms with van der Waals surface area (Å²) in [6.45, 7) is 3.09. The van der Waals surface area contributed by atoms with Gasteiger partial charge in [0.05, 0.1) is 0 Å². The number of amides is 1. The third-order valence-electron chi connectivity index (χ3n) is 5.25. The number of anilines is 1. The van der Waals surface area contributed by atoms with Crippen LogP contribution in [0.5, 0.6) is 0 Å². The van der Waals surface area contributed by atoms with Crippen molar-refractivity contribution < 1.29 is 14.6 Å². The van der Waals surface area contributed by atoms with Gasteiger partial charge in [-0.1, -0.05) is 6.07 Å². The van der Waals surface area contributed by atoms with Crippen LogP contribution in [0.1, 0.15) is 44.1 Å². The number of aliphatic hydroxyl groups is 1. The van der Waals surface area contributed by atoms with Crippen molar-refractivity contribution in [1.82, 2.24) is 10.3 Å². The van der Waals surface area contributed by atoms with Crippen LogP contribution >= 0.6 is 0 Å². The van der Waals surface area contributed by atoms with E-state index in [0.717, 1.165) is 43.6 Å². The van der Waals surface area contributed by atoms with Gasteiger partial charge in [0.1, 0.15) is 5.82 Å². The van der Waals surface area contributed by atoms with Crippen LogP contribution in [-0.4, -0.2) is 48.4 Å². The Bertz CT molecular complexity index is 541. The van der Waals surface area contributed by atoms with Crippen molar-refractivity contribution in [3.8, 4) is 0 Å². The maximum absolute atomic E-state index is 12.2. The second-order valence-corrected chi connectivity index (χ2v) is 6.98. The van der Waals surface area contributed by atoms with Crippen molar-refractivity contribution in [3.63, 3.8) is 0 Å². The molecule has 25 heavy (non-hydrogen) atoms. The van der Waals surface area contributed by atoms with Crippen molar-refractivity contribution in [2.24, 2.45) is 5.92 Å². The van der Waals surface area contributed by atoms with Gasteiger partial charge in [-0.2, -0.15) is 0 Å². The van der Waals surface area contributed by atoms with E-state index in [2.05, 4.69) is 15.2 Å². The fourth-order valence-electron chi connectivity index (χ4n) is 3.74. The highest BCUT2D eigenvalue weighted by molar-refractivity contribution is 5.78. The van der Waals surface area contributed by atoms with Crippen LogP contribution in [0, 0.1) is 5.92 Å². The molecule has 6 heteroatoms. The largest absolute Gasteiger partial charge is 0.396 e. The number of piperidine rings is 1. The Balaban J connectivity index is 1.53. The van der Waals surface area contributed by atoms with E-state index in [1.54, 1.807) is 0 Å². The lowest BCUT2D eigenvalue weighted by Crippen LogP contribution is -2.40. The van der Waals surface area contributed by atoms with E-state index in [0.29, 0.717) is 25.8 Å². The standard InChI is InChI=1S/C19H29N3O3/c23-10-6-17-3-1-2-9-22(17)18-5-4-15(13-20-18)14-21-19(24)16-7-11-25-12-8-16/h4-5,13,16-17,23H,1-3,6-12,14H2,(H,21,24)/t17-/m0/s1. The number of ether oxygens (including phenoxy) is 1. The molecule has 1 amide bonds. The van der Waals surface area contributed by atoms with Crippen LogP contribution in [0.15, 0.2) is 18.3 Å². The maximum atomic E-state index is 12.2. The summed E-state index contributed by atoms with van der Waals surface area (Å²) < 4.78 is 5.30. The van der Waals surface area contributed by atoms with Crippen LogP contribution < -0.4 is 10.2 Å². The molecule has 2 saturated heterocycles. The van der Waals surface area contributed by atoms with E-state index in [1.165, 1.54) is 12.8 Å². The zero-order valence-corrected chi connectivity index (χ0v) is 14.8. The first-order valence-electron chi connectivity index (χ1n) is 9.46. The Labute approximate surface area is 149 Å². The number of hydrogen-bond donors (Lipinski definition) is 2. The molecule has 2 N–H and O–H groups in total. The third kappa shape index (κ3) is 4.92. The number of nitrogens with one attached hydrogen (secondary N) is 1. The van der Waals surface area contributed by atoms with E-state index >= 15 is 0 Å². The van der Waals surface area contributed by atoms with Crippen molar-refractivity contribution >= 4 is 11.7 Å². The van der Waals surface area contributed by atoms with E-state index in [9.17, 15) is 9.90 Å². The molecule has 0 aromatic carbocycles. The number of carbonyl (C=O) groups is 1.